The molecule has 0 radical (unpaired) electrons. The SMILES string of the molecule is CNCCCCNSc1ccccc1-c1ccccc1. The van der Waals surface area contributed by atoms with Crippen molar-refractivity contribution in [1.82, 2.24) is 10.0 Å². The Balaban J connectivity index is 1.92. The number of rotatable bonds is 8. The van der Waals surface area contributed by atoms with E-state index in [4.69, 9.17) is 0 Å². The van der Waals surface area contributed by atoms with Crippen LogP contribution in [0.4, 0.5) is 0 Å². The molecule has 20 heavy (non-hydrogen) atoms. The van der Waals surface area contributed by atoms with Crippen molar-refractivity contribution in [3.05, 3.63) is 54.6 Å². The largest absolute Gasteiger partial charge is 0.320 e. The molecule has 0 fully saturated rings. The summed E-state index contributed by atoms with van der Waals surface area (Å²) in [5, 5.41) is 3.17. The maximum atomic E-state index is 3.46. The second kappa shape index (κ2) is 8.80. The van der Waals surface area contributed by atoms with Crippen LogP contribution in [-0.2, 0) is 0 Å². The number of hydrogen-bond acceptors (Lipinski definition) is 3. The first-order valence-corrected chi connectivity index (χ1v) is 7.92. The van der Waals surface area contributed by atoms with Crippen molar-refractivity contribution in [1.29, 1.82) is 0 Å². The minimum absolute atomic E-state index is 1.04. The van der Waals surface area contributed by atoms with Gasteiger partial charge in [0.2, 0.25) is 0 Å². The molecule has 0 saturated heterocycles. The highest BCUT2D eigenvalue weighted by Crippen LogP contribution is 2.29. The van der Waals surface area contributed by atoms with Crippen LogP contribution in [0.2, 0.25) is 0 Å². The molecule has 0 bridgehead atoms. The van der Waals surface area contributed by atoms with Crippen LogP contribution >= 0.6 is 11.9 Å². The lowest BCUT2D eigenvalue weighted by Crippen LogP contribution is -2.11. The number of hydrogen-bond donors (Lipinski definition) is 2. The molecule has 0 atom stereocenters. The predicted molar refractivity (Wildman–Crippen MR) is 88.9 cm³/mol. The molecule has 2 aromatic rings. The van der Waals surface area contributed by atoms with E-state index in [0.29, 0.717) is 0 Å². The molecule has 3 heteroatoms. The molecule has 2 aromatic carbocycles. The van der Waals surface area contributed by atoms with Gasteiger partial charge in [0.05, 0.1) is 0 Å². The molecule has 106 valence electrons. The number of nitrogens with one attached hydrogen (secondary N) is 2. The predicted octanol–water partition coefficient (Wildman–Crippen LogP) is 3.95. The zero-order valence-electron chi connectivity index (χ0n) is 11.9. The van der Waals surface area contributed by atoms with Crippen molar-refractivity contribution in [3.63, 3.8) is 0 Å². The van der Waals surface area contributed by atoms with E-state index in [1.807, 2.05) is 7.05 Å². The summed E-state index contributed by atoms with van der Waals surface area (Å²) in [5.74, 6) is 0. The summed E-state index contributed by atoms with van der Waals surface area (Å²) in [4.78, 5) is 1.28. The zero-order chi connectivity index (χ0) is 14.0. The van der Waals surface area contributed by atoms with Gasteiger partial charge in [0.25, 0.3) is 0 Å². The summed E-state index contributed by atoms with van der Waals surface area (Å²) < 4.78 is 3.46. The first kappa shape index (κ1) is 15.1. The third-order valence-electron chi connectivity index (χ3n) is 3.11. The Morgan fingerprint density at radius 2 is 1.55 bits per heavy atom. The first-order valence-electron chi connectivity index (χ1n) is 7.10. The molecule has 0 amide bonds. The summed E-state index contributed by atoms with van der Waals surface area (Å²) in [6.45, 7) is 2.13. The van der Waals surface area contributed by atoms with E-state index < -0.39 is 0 Å². The minimum Gasteiger partial charge on any atom is -0.320 e. The average molecular weight is 286 g/mol. The van der Waals surface area contributed by atoms with Gasteiger partial charge in [-0.15, -0.1) is 0 Å². The molecule has 0 spiro atoms. The normalized spacial score (nSPS) is 10.7. The Hall–Kier alpha value is -1.29. The fourth-order valence-corrected chi connectivity index (χ4v) is 2.88. The highest BCUT2D eigenvalue weighted by Gasteiger charge is 2.04. The van der Waals surface area contributed by atoms with E-state index >= 15 is 0 Å². The lowest BCUT2D eigenvalue weighted by molar-refractivity contribution is 0.673. The second-order valence-electron chi connectivity index (χ2n) is 4.67. The van der Waals surface area contributed by atoms with Gasteiger partial charge < -0.3 is 5.32 Å². The standard InChI is InChI=1S/C17H22N2S/c1-18-13-7-8-14-19-20-17-12-6-5-11-16(17)15-9-3-2-4-10-15/h2-6,9-12,18-19H,7-8,13-14H2,1H3. The highest BCUT2D eigenvalue weighted by molar-refractivity contribution is 7.97. The van der Waals surface area contributed by atoms with Gasteiger partial charge in [-0.2, -0.15) is 0 Å². The van der Waals surface area contributed by atoms with Gasteiger partial charge in [-0.25, -0.2) is 0 Å². The average Bonchev–Trinajstić information content (AvgIpc) is 2.52. The van der Waals surface area contributed by atoms with Crippen LogP contribution < -0.4 is 10.0 Å². The van der Waals surface area contributed by atoms with Crippen molar-refractivity contribution >= 4 is 11.9 Å². The van der Waals surface area contributed by atoms with Gasteiger partial charge >= 0.3 is 0 Å². The molecule has 0 heterocycles. The van der Waals surface area contributed by atoms with Crippen LogP contribution in [0.1, 0.15) is 12.8 Å². The maximum absolute atomic E-state index is 3.46. The Kier molecular flexibility index (Phi) is 6.64. The molecule has 0 aromatic heterocycles. The van der Waals surface area contributed by atoms with Crippen molar-refractivity contribution in [3.8, 4) is 11.1 Å². The van der Waals surface area contributed by atoms with Crippen molar-refractivity contribution in [2.24, 2.45) is 0 Å². The maximum Gasteiger partial charge on any atom is 0.0306 e. The Morgan fingerprint density at radius 1 is 0.850 bits per heavy atom. The first-order chi connectivity index (χ1) is 9.92. The van der Waals surface area contributed by atoms with E-state index in [1.165, 1.54) is 28.9 Å². The molecule has 0 saturated carbocycles. The van der Waals surface area contributed by atoms with Crippen molar-refractivity contribution < 1.29 is 0 Å². The second-order valence-corrected chi connectivity index (χ2v) is 5.60. The summed E-state index contributed by atoms with van der Waals surface area (Å²) in [6, 6.07) is 19.1. The third-order valence-corrected chi connectivity index (χ3v) is 4.03. The van der Waals surface area contributed by atoms with Crippen LogP contribution in [0.5, 0.6) is 0 Å². The third kappa shape index (κ3) is 4.67. The van der Waals surface area contributed by atoms with E-state index in [2.05, 4.69) is 64.6 Å². The van der Waals surface area contributed by atoms with Gasteiger partial charge in [0.15, 0.2) is 0 Å². The van der Waals surface area contributed by atoms with Gasteiger partial charge in [-0.1, -0.05) is 48.5 Å². The minimum atomic E-state index is 1.04. The smallest absolute Gasteiger partial charge is 0.0306 e. The molecular formula is C17H22N2S. The van der Waals surface area contributed by atoms with E-state index in [1.54, 1.807) is 11.9 Å². The highest BCUT2D eigenvalue weighted by atomic mass is 32.2. The number of benzene rings is 2. The van der Waals surface area contributed by atoms with Gasteiger partial charge in [-0.3, -0.25) is 4.72 Å². The van der Waals surface area contributed by atoms with Crippen molar-refractivity contribution in [2.75, 3.05) is 20.1 Å². The lowest BCUT2D eigenvalue weighted by Gasteiger charge is -2.10. The molecule has 2 nitrogen and oxygen atoms in total. The molecule has 0 aliphatic rings. The lowest BCUT2D eigenvalue weighted by atomic mass is 10.1. The van der Waals surface area contributed by atoms with Crippen LogP contribution in [0, 0.1) is 0 Å². The van der Waals surface area contributed by atoms with Gasteiger partial charge in [-0.05, 0) is 55.6 Å². The summed E-state index contributed by atoms with van der Waals surface area (Å²) in [7, 11) is 2.00. The van der Waals surface area contributed by atoms with Crippen LogP contribution in [0.3, 0.4) is 0 Å². The Morgan fingerprint density at radius 3 is 2.35 bits per heavy atom. The molecule has 0 aliphatic carbocycles. The van der Waals surface area contributed by atoms with Gasteiger partial charge in [0, 0.05) is 11.4 Å². The molecule has 2 rings (SSSR count). The molecule has 0 unspecified atom stereocenters. The van der Waals surface area contributed by atoms with E-state index in [-0.39, 0.29) is 0 Å². The fraction of sp³-hybridized carbons (Fsp3) is 0.294. The van der Waals surface area contributed by atoms with Gasteiger partial charge in [0.1, 0.15) is 0 Å². The Labute approximate surface area is 126 Å². The van der Waals surface area contributed by atoms with E-state index in [9.17, 15) is 0 Å². The Bertz CT molecular complexity index is 499. The summed E-state index contributed by atoms with van der Waals surface area (Å²) >= 11 is 1.73. The summed E-state index contributed by atoms with van der Waals surface area (Å²) in [6.07, 6.45) is 2.41. The topological polar surface area (TPSA) is 24.1 Å². The fourth-order valence-electron chi connectivity index (χ4n) is 2.04. The van der Waals surface area contributed by atoms with Crippen LogP contribution in [-0.4, -0.2) is 20.1 Å². The van der Waals surface area contributed by atoms with Crippen molar-refractivity contribution in [2.45, 2.75) is 17.7 Å². The molecule has 2 N–H and O–H groups in total. The summed E-state index contributed by atoms with van der Waals surface area (Å²) in [5.41, 5.74) is 2.56. The monoisotopic (exact) mass is 286 g/mol. The molecular weight excluding hydrogens is 264 g/mol. The quantitative estimate of drug-likeness (QED) is 0.567. The van der Waals surface area contributed by atoms with E-state index in [0.717, 1.165) is 13.1 Å². The van der Waals surface area contributed by atoms with Crippen LogP contribution in [0.15, 0.2) is 59.5 Å². The van der Waals surface area contributed by atoms with Crippen LogP contribution in [0.25, 0.3) is 11.1 Å². The molecule has 0 aliphatic heterocycles. The zero-order valence-corrected chi connectivity index (χ0v) is 12.7. The number of unbranched alkanes of at least 4 members (excludes halogenated alkanes) is 1.